The van der Waals surface area contributed by atoms with Crippen LogP contribution in [-0.4, -0.2) is 21.5 Å². The molecule has 0 fully saturated rings. The molecule has 7 heteroatoms. The maximum atomic E-state index is 11.3. The van der Waals surface area contributed by atoms with Crippen LogP contribution in [0.5, 0.6) is 5.75 Å². The summed E-state index contributed by atoms with van der Waals surface area (Å²) >= 11 is 0. The molecule has 1 heterocycles. The first kappa shape index (κ1) is 35.5. The van der Waals surface area contributed by atoms with Gasteiger partial charge in [-0.05, 0) is 81.1 Å². The van der Waals surface area contributed by atoms with E-state index in [9.17, 15) is 5.11 Å². The minimum atomic E-state index is 0. The van der Waals surface area contributed by atoms with Gasteiger partial charge in [-0.2, -0.15) is 0 Å². The van der Waals surface area contributed by atoms with Gasteiger partial charge in [0.25, 0.3) is 0 Å². The summed E-state index contributed by atoms with van der Waals surface area (Å²) in [6.45, 7) is 10.3. The molecule has 0 saturated carbocycles. The fourth-order valence-electron chi connectivity index (χ4n) is 5.02. The third-order valence-electron chi connectivity index (χ3n) is 6.97. The molecular formula is C36H33Cl2FeN3O. The van der Waals surface area contributed by atoms with Crippen molar-refractivity contribution in [3.05, 3.63) is 131 Å². The quantitative estimate of drug-likeness (QED) is 0.227. The van der Waals surface area contributed by atoms with E-state index < -0.39 is 0 Å². The number of phenolic OH excluding ortho intramolecular Hbond substituents is 1. The Kier molecular flexibility index (Phi) is 12.9. The van der Waals surface area contributed by atoms with Gasteiger partial charge < -0.3 is 29.9 Å². The topological polar surface area (TPSA) is 57.8 Å². The van der Waals surface area contributed by atoms with Crippen LogP contribution in [0.15, 0.2) is 113 Å². The minimum Gasteiger partial charge on any atom is -1.00 e. The molecule has 0 atom stereocenters. The van der Waals surface area contributed by atoms with Crippen LogP contribution < -0.4 is 24.8 Å². The molecular weight excluding hydrogens is 617 g/mol. The number of nitrogens with zero attached hydrogens (tertiary/aromatic N) is 3. The fourth-order valence-corrected chi connectivity index (χ4v) is 5.02. The maximum absolute atomic E-state index is 11.3. The van der Waals surface area contributed by atoms with E-state index in [4.69, 9.17) is 15.0 Å². The van der Waals surface area contributed by atoms with Crippen LogP contribution in [0.2, 0.25) is 0 Å². The van der Waals surface area contributed by atoms with Crippen LogP contribution in [-0.2, 0) is 17.1 Å². The Hall–Kier alpha value is -3.73. The number of hydrogen-bond donors (Lipinski definition) is 1. The summed E-state index contributed by atoms with van der Waals surface area (Å²) in [6, 6.07) is 33.9. The van der Waals surface area contributed by atoms with Gasteiger partial charge in [0, 0.05) is 11.1 Å². The van der Waals surface area contributed by atoms with Crippen LogP contribution in [0.25, 0.3) is 22.3 Å². The molecule has 0 bridgehead atoms. The van der Waals surface area contributed by atoms with Crippen molar-refractivity contribution < 1.29 is 47.0 Å². The van der Waals surface area contributed by atoms with Gasteiger partial charge in [0.15, 0.2) is 0 Å². The number of rotatable bonds is 6. The van der Waals surface area contributed by atoms with Crippen LogP contribution in [0.1, 0.15) is 41.9 Å². The Morgan fingerprint density at radius 2 is 1.05 bits per heavy atom. The molecule has 1 aromatic heterocycles. The first-order valence-electron chi connectivity index (χ1n) is 13.4. The van der Waals surface area contributed by atoms with Crippen molar-refractivity contribution in [2.45, 2.75) is 34.6 Å². The van der Waals surface area contributed by atoms with Crippen molar-refractivity contribution in [1.29, 1.82) is 0 Å². The molecule has 0 aliphatic rings. The van der Waals surface area contributed by atoms with E-state index in [0.29, 0.717) is 0 Å². The Morgan fingerprint density at radius 1 is 0.605 bits per heavy atom. The molecule has 0 amide bonds. The van der Waals surface area contributed by atoms with Crippen LogP contribution >= 0.6 is 0 Å². The molecule has 0 saturated heterocycles. The molecule has 1 N–H and O–H groups in total. The molecule has 4 aromatic carbocycles. The molecule has 4 nitrogen and oxygen atoms in total. The Balaban J connectivity index is 0.00000215. The zero-order chi connectivity index (χ0) is 28.2. The van der Waals surface area contributed by atoms with E-state index in [1.54, 1.807) is 0 Å². The van der Waals surface area contributed by atoms with Gasteiger partial charge in [0.05, 0.1) is 34.2 Å². The molecule has 0 radical (unpaired) electrons. The summed E-state index contributed by atoms with van der Waals surface area (Å²) in [6.07, 6.45) is 0. The molecule has 0 unspecified atom stereocenters. The molecule has 0 spiro atoms. The number of aryl methyl sites for hydroxylation is 3. The van der Waals surface area contributed by atoms with Gasteiger partial charge in [-0.1, -0.05) is 84.4 Å². The molecule has 5 rings (SSSR count). The smallest absolute Gasteiger partial charge is 1.00 e. The van der Waals surface area contributed by atoms with E-state index >= 15 is 0 Å². The zero-order valence-corrected chi connectivity index (χ0v) is 27.3. The Labute approximate surface area is 277 Å². The molecule has 43 heavy (non-hydrogen) atoms. The zero-order valence-electron chi connectivity index (χ0n) is 24.7. The largest absolute Gasteiger partial charge is 2.00 e. The van der Waals surface area contributed by atoms with E-state index in [2.05, 4.69) is 32.9 Å². The first-order chi connectivity index (χ1) is 19.3. The molecule has 0 aliphatic heterocycles. The minimum absolute atomic E-state index is 0. The van der Waals surface area contributed by atoms with Crippen molar-refractivity contribution in [2.75, 3.05) is 0 Å². The summed E-state index contributed by atoms with van der Waals surface area (Å²) in [7, 11) is 0. The number of hydrogen-bond acceptors (Lipinski definition) is 4. The third kappa shape index (κ3) is 8.22. The summed E-state index contributed by atoms with van der Waals surface area (Å²) in [5, 5.41) is 11.3. The van der Waals surface area contributed by atoms with Crippen LogP contribution in [0.3, 0.4) is 0 Å². The summed E-state index contributed by atoms with van der Waals surface area (Å²) in [4.78, 5) is 14.8. The summed E-state index contributed by atoms with van der Waals surface area (Å²) < 4.78 is 0. The van der Waals surface area contributed by atoms with E-state index in [-0.39, 0.29) is 47.6 Å². The number of aromatic nitrogens is 1. The van der Waals surface area contributed by atoms with Gasteiger partial charge in [-0.25, -0.2) is 4.98 Å². The maximum Gasteiger partial charge on any atom is 2.00 e. The Morgan fingerprint density at radius 3 is 1.51 bits per heavy atom. The number of phenols is 1. The summed E-state index contributed by atoms with van der Waals surface area (Å²) in [5.41, 5.74) is 11.8. The first-order valence-corrected chi connectivity index (χ1v) is 13.4. The van der Waals surface area contributed by atoms with Crippen molar-refractivity contribution in [2.24, 2.45) is 9.98 Å². The average Bonchev–Trinajstić information content (AvgIpc) is 2.96. The number of halogens is 2. The number of benzene rings is 4. The van der Waals surface area contributed by atoms with Crippen molar-refractivity contribution in [3.63, 3.8) is 0 Å². The third-order valence-corrected chi connectivity index (χ3v) is 6.97. The second-order valence-electron chi connectivity index (χ2n) is 10.2. The van der Waals surface area contributed by atoms with E-state index in [1.165, 1.54) is 5.56 Å². The predicted molar refractivity (Wildman–Crippen MR) is 168 cm³/mol. The number of aliphatic imine (C=N–C) groups is 2. The predicted octanol–water partition coefficient (Wildman–Crippen LogP) is 3.33. The van der Waals surface area contributed by atoms with Crippen molar-refractivity contribution >= 4 is 22.8 Å². The SMILES string of the molecule is CC(=Nc1cc(-c2ccccc2)c(O)c(-c2ccccc2)c1)c1cccc(C(C)=Nc2c(C)cc(C)cc2C)n1.[Cl-].[Cl-].[Fe+2]. The van der Waals surface area contributed by atoms with Crippen LogP contribution in [0.4, 0.5) is 11.4 Å². The number of pyridine rings is 1. The summed E-state index contributed by atoms with van der Waals surface area (Å²) in [5.74, 6) is 0.239. The van der Waals surface area contributed by atoms with Gasteiger partial charge >= 0.3 is 17.1 Å². The van der Waals surface area contributed by atoms with Gasteiger partial charge in [0.1, 0.15) is 5.75 Å². The van der Waals surface area contributed by atoms with Crippen LogP contribution in [0, 0.1) is 20.8 Å². The van der Waals surface area contributed by atoms with Gasteiger partial charge in [-0.15, -0.1) is 0 Å². The van der Waals surface area contributed by atoms with Crippen molar-refractivity contribution in [3.8, 4) is 28.0 Å². The van der Waals surface area contributed by atoms with E-state index in [0.717, 1.165) is 67.6 Å². The normalized spacial score (nSPS) is 11.2. The molecule has 5 aromatic rings. The monoisotopic (exact) mass is 649 g/mol. The number of aromatic hydroxyl groups is 1. The van der Waals surface area contributed by atoms with Crippen molar-refractivity contribution in [1.82, 2.24) is 4.98 Å². The van der Waals surface area contributed by atoms with Gasteiger partial charge in [0.2, 0.25) is 0 Å². The second-order valence-corrected chi connectivity index (χ2v) is 10.2. The van der Waals surface area contributed by atoms with E-state index in [1.807, 2.05) is 105 Å². The van der Waals surface area contributed by atoms with Gasteiger partial charge in [-0.3, -0.25) is 9.98 Å². The second kappa shape index (κ2) is 15.7. The average molecular weight is 650 g/mol. The fraction of sp³-hybridized carbons (Fsp3) is 0.139. The standard InChI is InChI=1S/C36H33N3O.2ClH.Fe/c1-23-19-24(2)35(25(3)20-23)38-27(5)34-18-12-17-33(39-34)26(4)37-30-21-31(28-13-8-6-9-14-28)36(40)32(22-30)29-15-10-7-11-16-29;;;/h6-22,40H,1-5H3;2*1H;/q;;;+2/p-2. The molecule has 220 valence electrons. The Bertz CT molecular complexity index is 1670. The molecule has 0 aliphatic carbocycles.